The van der Waals surface area contributed by atoms with E-state index in [9.17, 15) is 18.0 Å². The van der Waals surface area contributed by atoms with Crippen molar-refractivity contribution in [3.05, 3.63) is 77.7 Å². The lowest BCUT2D eigenvalue weighted by Gasteiger charge is -2.19. The molecule has 2 aromatic carbocycles. The molecule has 0 saturated carbocycles. The first-order valence-corrected chi connectivity index (χ1v) is 11.4. The van der Waals surface area contributed by atoms with Crippen molar-refractivity contribution >= 4 is 28.4 Å². The zero-order valence-electron chi connectivity index (χ0n) is 20.4. The number of fused-ring (bicyclic) bond motifs is 1. The molecule has 0 aliphatic heterocycles. The number of carboxylic acid groups (broad SMARTS) is 1. The molecule has 2 aromatic heterocycles. The van der Waals surface area contributed by atoms with Crippen LogP contribution < -0.4 is 5.32 Å². The predicted octanol–water partition coefficient (Wildman–Crippen LogP) is 6.35. The summed E-state index contributed by atoms with van der Waals surface area (Å²) in [6, 6.07) is 14.7. The van der Waals surface area contributed by atoms with Gasteiger partial charge < -0.3 is 15.2 Å². The van der Waals surface area contributed by atoms with Crippen molar-refractivity contribution in [3.63, 3.8) is 0 Å². The third kappa shape index (κ3) is 6.21. The number of ether oxygens (including phenoxy) is 1. The Hall–Kier alpha value is -4.05. The van der Waals surface area contributed by atoms with E-state index in [1.165, 1.54) is 24.4 Å². The van der Waals surface area contributed by atoms with E-state index >= 15 is 0 Å². The number of halogens is 3. The summed E-state index contributed by atoms with van der Waals surface area (Å²) >= 11 is 0. The normalized spacial score (nSPS) is 12.1. The van der Waals surface area contributed by atoms with Crippen LogP contribution in [-0.2, 0) is 27.7 Å². The maximum absolute atomic E-state index is 13.6. The van der Waals surface area contributed by atoms with Gasteiger partial charge in [-0.15, -0.1) is 0 Å². The number of nitrogens with one attached hydrogen (secondary N) is 1. The molecular weight excluding hydrogens is 485 g/mol. The molecule has 192 valence electrons. The van der Waals surface area contributed by atoms with Crippen molar-refractivity contribution in [1.29, 1.82) is 0 Å². The largest absolute Gasteiger partial charge is 0.480 e. The molecule has 0 saturated heterocycles. The fourth-order valence-electron chi connectivity index (χ4n) is 3.77. The standard InChI is InChI=1S/C27H25F3N4O3/c1-26(2,3)17-7-9-18(10-8-17)32-25-19-11-6-16(24-20(27(28,29)30)5-4-12-31-24)13-21(19)33-22(34-25)14-37-15-23(35)36/h4-13H,14-15H2,1-3H3,(H,35,36)(H,32,33,34). The monoisotopic (exact) mass is 510 g/mol. The summed E-state index contributed by atoms with van der Waals surface area (Å²) in [5.74, 6) is -0.557. The fraction of sp³-hybridized carbons (Fsp3) is 0.259. The van der Waals surface area contributed by atoms with Gasteiger partial charge in [0.05, 0.1) is 16.8 Å². The number of nitrogens with zero attached hydrogens (tertiary/aromatic N) is 3. The number of rotatable bonds is 7. The van der Waals surface area contributed by atoms with E-state index in [1.54, 1.807) is 6.07 Å². The molecule has 0 aliphatic carbocycles. The number of hydrogen-bond acceptors (Lipinski definition) is 6. The van der Waals surface area contributed by atoms with Crippen LogP contribution in [0.4, 0.5) is 24.7 Å². The molecule has 37 heavy (non-hydrogen) atoms. The van der Waals surface area contributed by atoms with Crippen LogP contribution in [-0.4, -0.2) is 32.6 Å². The lowest BCUT2D eigenvalue weighted by Crippen LogP contribution is -2.11. The molecular formula is C27H25F3N4O3. The first-order valence-electron chi connectivity index (χ1n) is 11.4. The molecule has 0 bridgehead atoms. The van der Waals surface area contributed by atoms with E-state index in [0.717, 1.165) is 17.3 Å². The van der Waals surface area contributed by atoms with Crippen molar-refractivity contribution in [2.24, 2.45) is 0 Å². The Balaban J connectivity index is 1.77. The van der Waals surface area contributed by atoms with E-state index in [-0.39, 0.29) is 29.1 Å². The minimum absolute atomic E-state index is 0.0219. The summed E-state index contributed by atoms with van der Waals surface area (Å²) < 4.78 is 45.9. The molecule has 7 nitrogen and oxygen atoms in total. The van der Waals surface area contributed by atoms with Gasteiger partial charge in [-0.25, -0.2) is 14.8 Å². The van der Waals surface area contributed by atoms with Gasteiger partial charge in [-0.2, -0.15) is 13.2 Å². The Kier molecular flexibility index (Phi) is 7.13. The minimum Gasteiger partial charge on any atom is -0.480 e. The smallest absolute Gasteiger partial charge is 0.418 e. The van der Waals surface area contributed by atoms with Gasteiger partial charge in [0.15, 0.2) is 5.82 Å². The van der Waals surface area contributed by atoms with E-state index in [0.29, 0.717) is 16.7 Å². The zero-order chi connectivity index (χ0) is 26.8. The second-order valence-corrected chi connectivity index (χ2v) is 9.46. The van der Waals surface area contributed by atoms with Crippen LogP contribution >= 0.6 is 0 Å². The van der Waals surface area contributed by atoms with Gasteiger partial charge in [0.1, 0.15) is 19.0 Å². The maximum Gasteiger partial charge on any atom is 0.418 e. The molecule has 4 rings (SSSR count). The summed E-state index contributed by atoms with van der Waals surface area (Å²) in [6.07, 6.45) is -3.28. The number of alkyl halides is 3. The highest BCUT2D eigenvalue weighted by Crippen LogP contribution is 2.37. The van der Waals surface area contributed by atoms with Crippen LogP contribution in [0.15, 0.2) is 60.8 Å². The number of pyridine rings is 1. The Morgan fingerprint density at radius 1 is 1.03 bits per heavy atom. The molecule has 0 radical (unpaired) electrons. The fourth-order valence-corrected chi connectivity index (χ4v) is 3.77. The molecule has 0 atom stereocenters. The number of anilines is 2. The summed E-state index contributed by atoms with van der Waals surface area (Å²) in [5.41, 5.74) is 1.39. The van der Waals surface area contributed by atoms with E-state index < -0.39 is 24.3 Å². The van der Waals surface area contributed by atoms with Crippen LogP contribution in [0.1, 0.15) is 37.7 Å². The highest BCUT2D eigenvalue weighted by molar-refractivity contribution is 5.93. The Morgan fingerprint density at radius 3 is 2.41 bits per heavy atom. The van der Waals surface area contributed by atoms with Gasteiger partial charge in [0.25, 0.3) is 0 Å². The lowest BCUT2D eigenvalue weighted by atomic mass is 9.87. The highest BCUT2D eigenvalue weighted by atomic mass is 19.4. The number of aliphatic carboxylic acids is 1. The Labute approximate surface area is 211 Å². The average Bonchev–Trinajstić information content (AvgIpc) is 2.83. The number of hydrogen-bond donors (Lipinski definition) is 2. The van der Waals surface area contributed by atoms with Crippen molar-refractivity contribution in [2.45, 2.75) is 39.0 Å². The maximum atomic E-state index is 13.6. The minimum atomic E-state index is -4.58. The van der Waals surface area contributed by atoms with Gasteiger partial charge in [0, 0.05) is 22.8 Å². The van der Waals surface area contributed by atoms with Crippen molar-refractivity contribution in [1.82, 2.24) is 15.0 Å². The summed E-state index contributed by atoms with van der Waals surface area (Å²) in [7, 11) is 0. The van der Waals surface area contributed by atoms with Crippen molar-refractivity contribution in [3.8, 4) is 11.3 Å². The summed E-state index contributed by atoms with van der Waals surface area (Å²) in [6.45, 7) is 5.60. The third-order valence-corrected chi connectivity index (χ3v) is 5.60. The molecule has 10 heteroatoms. The van der Waals surface area contributed by atoms with Crippen LogP contribution in [0, 0.1) is 0 Å². The molecule has 0 unspecified atom stereocenters. The van der Waals surface area contributed by atoms with Gasteiger partial charge in [-0.05, 0) is 47.4 Å². The van der Waals surface area contributed by atoms with Gasteiger partial charge >= 0.3 is 12.1 Å². The number of carbonyl (C=O) groups is 1. The molecule has 0 amide bonds. The molecule has 0 aliphatic rings. The van der Waals surface area contributed by atoms with E-state index in [4.69, 9.17) is 9.84 Å². The number of benzene rings is 2. The third-order valence-electron chi connectivity index (χ3n) is 5.60. The molecule has 4 aromatic rings. The Morgan fingerprint density at radius 2 is 1.76 bits per heavy atom. The predicted molar refractivity (Wildman–Crippen MR) is 133 cm³/mol. The topological polar surface area (TPSA) is 97.2 Å². The van der Waals surface area contributed by atoms with E-state index in [1.807, 2.05) is 24.3 Å². The first-order chi connectivity index (χ1) is 17.4. The Bertz CT molecular complexity index is 1430. The highest BCUT2D eigenvalue weighted by Gasteiger charge is 2.34. The van der Waals surface area contributed by atoms with Crippen LogP contribution in [0.3, 0.4) is 0 Å². The molecule has 0 fully saturated rings. The number of aromatic nitrogens is 3. The second kappa shape index (κ2) is 10.1. The van der Waals surface area contributed by atoms with Crippen LogP contribution in [0.25, 0.3) is 22.2 Å². The lowest BCUT2D eigenvalue weighted by molar-refractivity contribution is -0.142. The van der Waals surface area contributed by atoms with Crippen LogP contribution in [0.5, 0.6) is 0 Å². The van der Waals surface area contributed by atoms with E-state index in [2.05, 4.69) is 41.0 Å². The first kappa shape index (κ1) is 26.0. The zero-order valence-corrected chi connectivity index (χ0v) is 20.4. The average molecular weight is 511 g/mol. The quantitative estimate of drug-likeness (QED) is 0.299. The number of carboxylic acids is 1. The molecule has 2 N–H and O–H groups in total. The van der Waals surface area contributed by atoms with Crippen molar-refractivity contribution in [2.75, 3.05) is 11.9 Å². The van der Waals surface area contributed by atoms with Gasteiger partial charge in [-0.1, -0.05) is 39.0 Å². The summed E-state index contributed by atoms with van der Waals surface area (Å²) in [5, 5.41) is 12.7. The van der Waals surface area contributed by atoms with Gasteiger partial charge in [0.2, 0.25) is 0 Å². The summed E-state index contributed by atoms with van der Waals surface area (Å²) in [4.78, 5) is 23.7. The molecule has 2 heterocycles. The SMILES string of the molecule is CC(C)(C)c1ccc(Nc2nc(COCC(=O)O)nc3cc(-c4ncccc4C(F)(F)F)ccc23)cc1. The van der Waals surface area contributed by atoms with Crippen LogP contribution in [0.2, 0.25) is 0 Å². The van der Waals surface area contributed by atoms with Crippen molar-refractivity contribution < 1.29 is 27.8 Å². The second-order valence-electron chi connectivity index (χ2n) is 9.46. The van der Waals surface area contributed by atoms with Gasteiger partial charge in [-0.3, -0.25) is 4.98 Å². The molecule has 0 spiro atoms.